The van der Waals surface area contributed by atoms with Crippen molar-refractivity contribution in [2.75, 3.05) is 0 Å². The number of unbranched alkanes of at least 4 members (excludes halogenated alkanes) is 16. The highest BCUT2D eigenvalue weighted by Crippen LogP contribution is 2.81. The van der Waals surface area contributed by atoms with E-state index in [1.54, 1.807) is 0 Å². The maximum absolute atomic E-state index is 13.3. The smallest absolute Gasteiger partial charge is 0.306 e. The summed E-state index contributed by atoms with van der Waals surface area (Å²) >= 11 is 0. The van der Waals surface area contributed by atoms with Gasteiger partial charge in [-0.25, -0.2) is 0 Å². The molecule has 2 heteroatoms. The maximum Gasteiger partial charge on any atom is 0.306 e. The van der Waals surface area contributed by atoms with Crippen molar-refractivity contribution in [3.8, 4) is 0 Å². The summed E-state index contributed by atoms with van der Waals surface area (Å²) in [6.07, 6.45) is 37.1. The quantitative estimate of drug-likeness (QED) is 0.0707. The Kier molecular flexibility index (Phi) is 14.5. The molecule has 0 aromatic rings. The summed E-state index contributed by atoms with van der Waals surface area (Å²) in [4.78, 5) is 13.3. The third-order valence-corrected chi connectivity index (χ3v) is 18.9. The first-order valence-corrected chi connectivity index (χ1v) is 24.0. The number of esters is 1. The summed E-state index contributed by atoms with van der Waals surface area (Å²) in [5.74, 6) is 2.93. The van der Waals surface area contributed by atoms with Gasteiger partial charge < -0.3 is 4.74 Å². The standard InChI is InChI=1S/C51H90O2/c1-11-12-13-14-15-16-17-18-19-20-21-22-23-24-25-26-27-28-44(52)53-43-32-34-48(7)41(46(43,4)5)30-35-49(8)42(48)31-36-50(9)45-40(39(2)3)29-33-47(45,6)37-38-51(49,50)10/h40-43,45H,2,11-38H2,1,3-10H3. The molecular formula is C51H90O2. The lowest BCUT2D eigenvalue weighted by atomic mass is 9.29. The van der Waals surface area contributed by atoms with Gasteiger partial charge in [0.25, 0.3) is 0 Å². The molecule has 0 N–H and O–H groups in total. The molecule has 0 amide bonds. The molecule has 0 bridgehead atoms. The highest BCUT2D eigenvalue weighted by atomic mass is 16.5. The van der Waals surface area contributed by atoms with E-state index in [4.69, 9.17) is 4.74 Å². The van der Waals surface area contributed by atoms with Gasteiger partial charge >= 0.3 is 5.97 Å². The van der Waals surface area contributed by atoms with Crippen LogP contribution in [0.1, 0.15) is 242 Å². The summed E-state index contributed by atoms with van der Waals surface area (Å²) in [5.41, 5.74) is 3.39. The molecule has 5 rings (SSSR count). The van der Waals surface area contributed by atoms with Crippen molar-refractivity contribution in [2.24, 2.45) is 56.2 Å². The zero-order valence-corrected chi connectivity index (χ0v) is 37.2. The van der Waals surface area contributed by atoms with Gasteiger partial charge in [-0.2, -0.15) is 0 Å². The van der Waals surface area contributed by atoms with Crippen LogP contribution in [0.4, 0.5) is 0 Å². The molecule has 0 aromatic carbocycles. The van der Waals surface area contributed by atoms with E-state index in [0.29, 0.717) is 45.3 Å². The minimum Gasteiger partial charge on any atom is -0.462 e. The van der Waals surface area contributed by atoms with Crippen LogP contribution in [0.3, 0.4) is 0 Å². The van der Waals surface area contributed by atoms with Gasteiger partial charge in [-0.05, 0) is 128 Å². The van der Waals surface area contributed by atoms with Crippen LogP contribution in [0, 0.1) is 56.2 Å². The molecule has 0 spiro atoms. The van der Waals surface area contributed by atoms with Gasteiger partial charge in [0.1, 0.15) is 6.10 Å². The number of carbonyl (C=O) groups is 1. The van der Waals surface area contributed by atoms with Crippen LogP contribution in [0.25, 0.3) is 0 Å². The predicted octanol–water partition coefficient (Wildman–Crippen LogP) is 16.0. The van der Waals surface area contributed by atoms with Gasteiger partial charge in [-0.1, -0.05) is 170 Å². The number of allylic oxidation sites excluding steroid dienone is 1. The third-order valence-electron chi connectivity index (χ3n) is 18.9. The molecule has 2 nitrogen and oxygen atoms in total. The molecule has 0 aliphatic heterocycles. The van der Waals surface area contributed by atoms with Gasteiger partial charge in [0, 0.05) is 11.8 Å². The Balaban J connectivity index is 1.04. The van der Waals surface area contributed by atoms with Gasteiger partial charge in [0.2, 0.25) is 0 Å². The van der Waals surface area contributed by atoms with Crippen molar-refractivity contribution in [1.82, 2.24) is 0 Å². The van der Waals surface area contributed by atoms with Crippen molar-refractivity contribution in [3.63, 3.8) is 0 Å². The summed E-state index contributed by atoms with van der Waals surface area (Å²) in [5, 5.41) is 0. The fraction of sp³-hybridized carbons (Fsp3) is 0.941. The molecule has 5 saturated carbocycles. The number of fused-ring (bicyclic) bond motifs is 7. The Bertz CT molecular complexity index is 1200. The van der Waals surface area contributed by atoms with Crippen molar-refractivity contribution in [3.05, 3.63) is 12.2 Å². The zero-order chi connectivity index (χ0) is 38.5. The SMILES string of the molecule is C=C(C)C1CCC2(C)CCC3(C)C(C)(CCC4C5(C)CCC(OC(=O)CCCCCCCCCCCCCCCCCCC)C(C)(C)C5CCC43C)C12. The second-order valence-electron chi connectivity index (χ2n) is 22.2. The molecule has 10 unspecified atom stereocenters. The summed E-state index contributed by atoms with van der Waals surface area (Å²) in [6.45, 7) is 27.8. The van der Waals surface area contributed by atoms with Crippen LogP contribution in [-0.4, -0.2) is 12.1 Å². The van der Waals surface area contributed by atoms with Crippen LogP contribution in [-0.2, 0) is 9.53 Å². The number of hydrogen-bond donors (Lipinski definition) is 0. The molecule has 0 heterocycles. The summed E-state index contributed by atoms with van der Waals surface area (Å²) < 4.78 is 6.46. The molecule has 5 aliphatic rings. The van der Waals surface area contributed by atoms with Crippen molar-refractivity contribution in [1.29, 1.82) is 0 Å². The maximum atomic E-state index is 13.3. The van der Waals surface area contributed by atoms with E-state index >= 15 is 0 Å². The molecule has 10 atom stereocenters. The lowest BCUT2D eigenvalue weighted by Gasteiger charge is -2.76. The molecule has 53 heavy (non-hydrogen) atoms. The van der Waals surface area contributed by atoms with E-state index in [-0.39, 0.29) is 17.5 Å². The Morgan fingerprint density at radius 2 is 1.09 bits per heavy atom. The summed E-state index contributed by atoms with van der Waals surface area (Å²) in [7, 11) is 0. The molecule has 306 valence electrons. The molecule has 0 aromatic heterocycles. The van der Waals surface area contributed by atoms with Crippen LogP contribution in [0.15, 0.2) is 12.2 Å². The topological polar surface area (TPSA) is 26.3 Å². The second kappa shape index (κ2) is 17.8. The Morgan fingerprint density at radius 1 is 0.585 bits per heavy atom. The fourth-order valence-electron chi connectivity index (χ4n) is 15.6. The van der Waals surface area contributed by atoms with E-state index in [1.165, 1.54) is 166 Å². The predicted molar refractivity (Wildman–Crippen MR) is 228 cm³/mol. The molecular weight excluding hydrogens is 645 g/mol. The fourth-order valence-corrected chi connectivity index (χ4v) is 15.6. The van der Waals surface area contributed by atoms with Gasteiger partial charge in [-0.3, -0.25) is 4.79 Å². The average Bonchev–Trinajstić information content (AvgIpc) is 3.47. The Labute approximate surface area is 331 Å². The Morgan fingerprint density at radius 3 is 1.64 bits per heavy atom. The molecule has 0 saturated heterocycles. The molecule has 0 radical (unpaired) electrons. The monoisotopic (exact) mass is 735 g/mol. The van der Waals surface area contributed by atoms with Crippen molar-refractivity contribution < 1.29 is 9.53 Å². The largest absolute Gasteiger partial charge is 0.462 e. The average molecular weight is 735 g/mol. The number of carbonyl (C=O) groups excluding carboxylic acids is 1. The normalized spacial score (nSPS) is 40.1. The minimum atomic E-state index is 0.0293. The summed E-state index contributed by atoms with van der Waals surface area (Å²) in [6, 6.07) is 0. The first-order chi connectivity index (χ1) is 25.1. The van der Waals surface area contributed by atoms with E-state index in [0.717, 1.165) is 24.7 Å². The zero-order valence-electron chi connectivity index (χ0n) is 37.2. The van der Waals surface area contributed by atoms with Crippen molar-refractivity contribution >= 4 is 5.97 Å². The van der Waals surface area contributed by atoms with E-state index in [2.05, 4.69) is 68.9 Å². The molecule has 5 aliphatic carbocycles. The van der Waals surface area contributed by atoms with Crippen LogP contribution >= 0.6 is 0 Å². The minimum absolute atomic E-state index is 0.0293. The van der Waals surface area contributed by atoms with Gasteiger partial charge in [-0.15, -0.1) is 0 Å². The van der Waals surface area contributed by atoms with Crippen LogP contribution < -0.4 is 0 Å². The van der Waals surface area contributed by atoms with Crippen LogP contribution in [0.2, 0.25) is 0 Å². The number of hydrogen-bond acceptors (Lipinski definition) is 2. The first-order valence-electron chi connectivity index (χ1n) is 24.0. The number of ether oxygens (including phenoxy) is 1. The lowest BCUT2D eigenvalue weighted by molar-refractivity contribution is -0.277. The third kappa shape index (κ3) is 8.44. The van der Waals surface area contributed by atoms with Gasteiger partial charge in [0.15, 0.2) is 0 Å². The first kappa shape index (κ1) is 43.3. The van der Waals surface area contributed by atoms with Crippen molar-refractivity contribution in [2.45, 2.75) is 248 Å². The Hall–Kier alpha value is -0.790. The molecule has 5 fully saturated rings. The highest BCUT2D eigenvalue weighted by Gasteiger charge is 2.74. The van der Waals surface area contributed by atoms with E-state index < -0.39 is 0 Å². The second-order valence-corrected chi connectivity index (χ2v) is 22.2. The number of rotatable bonds is 20. The lowest BCUT2D eigenvalue weighted by Crippen LogP contribution is -2.69. The van der Waals surface area contributed by atoms with E-state index in [1.807, 2.05) is 0 Å². The van der Waals surface area contributed by atoms with E-state index in [9.17, 15) is 4.79 Å². The van der Waals surface area contributed by atoms with Crippen LogP contribution in [0.5, 0.6) is 0 Å². The van der Waals surface area contributed by atoms with Gasteiger partial charge in [0.05, 0.1) is 0 Å². The highest BCUT2D eigenvalue weighted by molar-refractivity contribution is 5.69.